The lowest BCUT2D eigenvalue weighted by molar-refractivity contribution is 0.0690. The molecular weight excluding hydrogens is 249 g/mol. The minimum atomic E-state index is -1.17. The summed E-state index contributed by atoms with van der Waals surface area (Å²) in [5.41, 5.74) is 0.176. The van der Waals surface area contributed by atoms with E-state index in [4.69, 9.17) is 16.7 Å². The molecule has 0 aliphatic rings. The Morgan fingerprint density at radius 2 is 2.29 bits per heavy atom. The lowest BCUT2D eigenvalue weighted by Gasteiger charge is -2.02. The Balaban J connectivity index is 2.22. The van der Waals surface area contributed by atoms with Crippen molar-refractivity contribution in [3.8, 4) is 0 Å². The van der Waals surface area contributed by atoms with E-state index >= 15 is 0 Å². The summed E-state index contributed by atoms with van der Waals surface area (Å²) >= 11 is 5.61. The fraction of sp³-hybridized carbons (Fsp3) is 0.100. The summed E-state index contributed by atoms with van der Waals surface area (Å²) < 4.78 is 14.7. The molecule has 0 amide bonds. The SMILES string of the molecule is O=C(O)c1cn(Cc2ccc(Cl)cc2F)nn1. The highest BCUT2D eigenvalue weighted by molar-refractivity contribution is 6.30. The summed E-state index contributed by atoms with van der Waals surface area (Å²) in [6, 6.07) is 4.25. The largest absolute Gasteiger partial charge is 0.476 e. The zero-order chi connectivity index (χ0) is 12.4. The number of aromatic nitrogens is 3. The summed E-state index contributed by atoms with van der Waals surface area (Å²) in [5, 5.41) is 16.0. The maximum absolute atomic E-state index is 13.4. The molecule has 0 bridgehead atoms. The molecule has 17 heavy (non-hydrogen) atoms. The van der Waals surface area contributed by atoms with Crippen LogP contribution in [0, 0.1) is 5.82 Å². The highest BCUT2D eigenvalue weighted by Gasteiger charge is 2.10. The first-order chi connectivity index (χ1) is 8.06. The van der Waals surface area contributed by atoms with Crippen LogP contribution in [0.25, 0.3) is 0 Å². The average molecular weight is 256 g/mol. The van der Waals surface area contributed by atoms with Crippen molar-refractivity contribution in [2.45, 2.75) is 6.54 Å². The van der Waals surface area contributed by atoms with Crippen molar-refractivity contribution in [2.75, 3.05) is 0 Å². The van der Waals surface area contributed by atoms with Crippen LogP contribution < -0.4 is 0 Å². The van der Waals surface area contributed by atoms with E-state index in [0.29, 0.717) is 10.6 Å². The van der Waals surface area contributed by atoms with Gasteiger partial charge in [0.1, 0.15) is 5.82 Å². The Labute approximate surface area is 100 Å². The second-order valence-electron chi connectivity index (χ2n) is 3.34. The molecule has 2 aromatic rings. The second-order valence-corrected chi connectivity index (χ2v) is 3.78. The average Bonchev–Trinajstić information content (AvgIpc) is 2.71. The Bertz CT molecular complexity index is 570. The number of hydrogen-bond acceptors (Lipinski definition) is 3. The standard InChI is InChI=1S/C10H7ClFN3O2/c11-7-2-1-6(8(12)3-7)4-15-5-9(10(16)17)13-14-15/h1-3,5H,4H2,(H,16,17). The van der Waals surface area contributed by atoms with Gasteiger partial charge in [-0.1, -0.05) is 22.9 Å². The van der Waals surface area contributed by atoms with Gasteiger partial charge in [0, 0.05) is 10.6 Å². The first-order valence-electron chi connectivity index (χ1n) is 4.63. The fourth-order valence-electron chi connectivity index (χ4n) is 1.30. The summed E-state index contributed by atoms with van der Waals surface area (Å²) in [6.07, 6.45) is 1.23. The number of hydrogen-bond donors (Lipinski definition) is 1. The van der Waals surface area contributed by atoms with Gasteiger partial charge < -0.3 is 5.11 Å². The summed E-state index contributed by atoms with van der Waals surface area (Å²) in [6.45, 7) is 0.100. The molecule has 0 saturated carbocycles. The molecule has 1 aromatic heterocycles. The molecule has 1 N–H and O–H groups in total. The zero-order valence-electron chi connectivity index (χ0n) is 8.47. The zero-order valence-corrected chi connectivity index (χ0v) is 9.23. The predicted octanol–water partition coefficient (Wildman–Crippen LogP) is 1.82. The fourth-order valence-corrected chi connectivity index (χ4v) is 1.46. The number of benzene rings is 1. The molecule has 0 saturated heterocycles. The number of carboxylic acid groups (broad SMARTS) is 1. The van der Waals surface area contributed by atoms with Crippen LogP contribution >= 0.6 is 11.6 Å². The maximum Gasteiger partial charge on any atom is 0.358 e. The quantitative estimate of drug-likeness (QED) is 0.908. The molecule has 0 aliphatic heterocycles. The highest BCUT2D eigenvalue weighted by Crippen LogP contribution is 2.15. The number of halogens is 2. The Morgan fingerprint density at radius 1 is 1.53 bits per heavy atom. The van der Waals surface area contributed by atoms with Gasteiger partial charge in [-0.25, -0.2) is 13.9 Å². The Morgan fingerprint density at radius 3 is 2.88 bits per heavy atom. The van der Waals surface area contributed by atoms with Gasteiger partial charge in [-0.3, -0.25) is 0 Å². The molecule has 5 nitrogen and oxygen atoms in total. The van der Waals surface area contributed by atoms with E-state index in [1.807, 2.05) is 0 Å². The van der Waals surface area contributed by atoms with Crippen LogP contribution in [0.4, 0.5) is 4.39 Å². The van der Waals surface area contributed by atoms with Crippen molar-refractivity contribution in [3.63, 3.8) is 0 Å². The van der Waals surface area contributed by atoms with Gasteiger partial charge in [0.25, 0.3) is 0 Å². The third-order valence-electron chi connectivity index (χ3n) is 2.11. The topological polar surface area (TPSA) is 68.0 Å². The van der Waals surface area contributed by atoms with Crippen molar-refractivity contribution in [1.29, 1.82) is 0 Å². The normalized spacial score (nSPS) is 10.5. The van der Waals surface area contributed by atoms with E-state index < -0.39 is 11.8 Å². The molecule has 1 heterocycles. The maximum atomic E-state index is 13.4. The van der Waals surface area contributed by atoms with E-state index in [-0.39, 0.29) is 12.2 Å². The van der Waals surface area contributed by atoms with Crippen LogP contribution in [-0.2, 0) is 6.54 Å². The molecule has 0 spiro atoms. The first-order valence-corrected chi connectivity index (χ1v) is 5.01. The van der Waals surface area contributed by atoms with Gasteiger partial charge in [0.2, 0.25) is 0 Å². The van der Waals surface area contributed by atoms with E-state index in [2.05, 4.69) is 10.3 Å². The number of nitrogens with zero attached hydrogens (tertiary/aromatic N) is 3. The minimum absolute atomic E-state index is 0.100. The third-order valence-corrected chi connectivity index (χ3v) is 2.34. The molecule has 0 fully saturated rings. The van der Waals surface area contributed by atoms with Crippen molar-refractivity contribution in [2.24, 2.45) is 0 Å². The summed E-state index contributed by atoms with van der Waals surface area (Å²) in [7, 11) is 0. The number of aromatic carboxylic acids is 1. The molecule has 0 radical (unpaired) electrons. The molecule has 0 unspecified atom stereocenters. The molecule has 2 rings (SSSR count). The monoisotopic (exact) mass is 255 g/mol. The van der Waals surface area contributed by atoms with Gasteiger partial charge in [0.05, 0.1) is 12.7 Å². The van der Waals surface area contributed by atoms with Gasteiger partial charge in [-0.15, -0.1) is 5.10 Å². The Kier molecular flexibility index (Phi) is 3.06. The van der Waals surface area contributed by atoms with Gasteiger partial charge >= 0.3 is 5.97 Å². The first kappa shape index (κ1) is 11.5. The molecule has 0 atom stereocenters. The van der Waals surface area contributed by atoms with Crippen LogP contribution in [-0.4, -0.2) is 26.1 Å². The number of rotatable bonds is 3. The number of carboxylic acids is 1. The van der Waals surface area contributed by atoms with Crippen molar-refractivity contribution >= 4 is 17.6 Å². The van der Waals surface area contributed by atoms with Crippen LogP contribution in [0.5, 0.6) is 0 Å². The second kappa shape index (κ2) is 4.50. The smallest absolute Gasteiger partial charge is 0.358 e. The van der Waals surface area contributed by atoms with E-state index in [1.165, 1.54) is 23.0 Å². The highest BCUT2D eigenvalue weighted by atomic mass is 35.5. The van der Waals surface area contributed by atoms with Crippen molar-refractivity contribution in [1.82, 2.24) is 15.0 Å². The van der Waals surface area contributed by atoms with Crippen LogP contribution in [0.15, 0.2) is 24.4 Å². The Hall–Kier alpha value is -1.95. The van der Waals surface area contributed by atoms with E-state index in [0.717, 1.165) is 0 Å². The van der Waals surface area contributed by atoms with Crippen molar-refractivity contribution < 1.29 is 14.3 Å². The molecule has 88 valence electrons. The minimum Gasteiger partial charge on any atom is -0.476 e. The van der Waals surface area contributed by atoms with Gasteiger partial charge in [-0.05, 0) is 12.1 Å². The third kappa shape index (κ3) is 2.59. The number of carbonyl (C=O) groups is 1. The summed E-state index contributed by atoms with van der Waals surface area (Å²) in [5.74, 6) is -1.64. The lowest BCUT2D eigenvalue weighted by atomic mass is 10.2. The summed E-state index contributed by atoms with van der Waals surface area (Å²) in [4.78, 5) is 10.6. The molecule has 1 aromatic carbocycles. The van der Waals surface area contributed by atoms with Crippen LogP contribution in [0.1, 0.15) is 16.1 Å². The van der Waals surface area contributed by atoms with E-state index in [9.17, 15) is 9.18 Å². The van der Waals surface area contributed by atoms with Crippen LogP contribution in [0.2, 0.25) is 5.02 Å². The molecular formula is C10H7ClFN3O2. The van der Waals surface area contributed by atoms with Gasteiger partial charge in [-0.2, -0.15) is 0 Å². The molecule has 0 aliphatic carbocycles. The van der Waals surface area contributed by atoms with Crippen LogP contribution in [0.3, 0.4) is 0 Å². The molecule has 7 heteroatoms. The van der Waals surface area contributed by atoms with Gasteiger partial charge in [0.15, 0.2) is 5.69 Å². The lowest BCUT2D eigenvalue weighted by Crippen LogP contribution is -2.02. The van der Waals surface area contributed by atoms with Crippen molar-refractivity contribution in [3.05, 3.63) is 46.5 Å². The van der Waals surface area contributed by atoms with E-state index in [1.54, 1.807) is 6.07 Å². The predicted molar refractivity (Wildman–Crippen MR) is 57.5 cm³/mol.